The number of nitrogens with zero attached hydrogens (tertiary/aromatic N) is 5. The molecule has 1 amide bonds. The van der Waals surface area contributed by atoms with E-state index in [0.29, 0.717) is 11.8 Å². The number of hydrogen-bond acceptors (Lipinski definition) is 6. The number of hydrogen-bond donors (Lipinski definition) is 0. The Kier molecular flexibility index (Phi) is 4.87. The lowest BCUT2D eigenvalue weighted by molar-refractivity contribution is -0.137. The zero-order valence-corrected chi connectivity index (χ0v) is 16.4. The SMILES string of the molecule is O=C(C1CCN(c2cnccn2)CC1)N1CCC(c2nc3ccccc3o2)CC1. The maximum atomic E-state index is 13.0. The number of anilines is 1. The molecule has 2 aromatic heterocycles. The highest BCUT2D eigenvalue weighted by Crippen LogP contribution is 2.31. The summed E-state index contributed by atoms with van der Waals surface area (Å²) in [5, 5.41) is 0. The van der Waals surface area contributed by atoms with Gasteiger partial charge in [-0.1, -0.05) is 12.1 Å². The van der Waals surface area contributed by atoms with Gasteiger partial charge in [0.15, 0.2) is 11.5 Å². The smallest absolute Gasteiger partial charge is 0.225 e. The van der Waals surface area contributed by atoms with Crippen molar-refractivity contribution < 1.29 is 9.21 Å². The van der Waals surface area contributed by atoms with E-state index in [0.717, 1.165) is 74.7 Å². The number of piperidine rings is 2. The average Bonchev–Trinajstić information content (AvgIpc) is 3.24. The highest BCUT2D eigenvalue weighted by molar-refractivity contribution is 5.79. The van der Waals surface area contributed by atoms with Crippen LogP contribution in [0.5, 0.6) is 0 Å². The zero-order chi connectivity index (χ0) is 19.6. The molecule has 7 nitrogen and oxygen atoms in total. The first kappa shape index (κ1) is 18.1. The molecule has 4 heterocycles. The van der Waals surface area contributed by atoms with Gasteiger partial charge in [-0.15, -0.1) is 0 Å². The first-order chi connectivity index (χ1) is 14.3. The number of aromatic nitrogens is 3. The second-order valence-corrected chi connectivity index (χ2v) is 7.94. The molecule has 1 aromatic carbocycles. The number of carbonyl (C=O) groups excluding carboxylic acids is 1. The van der Waals surface area contributed by atoms with E-state index < -0.39 is 0 Å². The number of para-hydroxylation sites is 2. The van der Waals surface area contributed by atoms with E-state index in [9.17, 15) is 4.79 Å². The Hall–Kier alpha value is -2.96. The molecular formula is C22H25N5O2. The largest absolute Gasteiger partial charge is 0.440 e. The molecule has 0 unspecified atom stereocenters. The third kappa shape index (κ3) is 3.69. The van der Waals surface area contributed by atoms with Crippen molar-refractivity contribution in [3.8, 4) is 0 Å². The Morgan fingerprint density at radius 2 is 1.79 bits per heavy atom. The second kappa shape index (κ2) is 7.81. The summed E-state index contributed by atoms with van der Waals surface area (Å²) in [6.07, 6.45) is 8.77. The summed E-state index contributed by atoms with van der Waals surface area (Å²) < 4.78 is 5.94. The molecular weight excluding hydrogens is 366 g/mol. The summed E-state index contributed by atoms with van der Waals surface area (Å²) in [6, 6.07) is 7.88. The van der Waals surface area contributed by atoms with Gasteiger partial charge in [-0.25, -0.2) is 9.97 Å². The van der Waals surface area contributed by atoms with E-state index in [1.165, 1.54) is 0 Å². The van der Waals surface area contributed by atoms with E-state index in [-0.39, 0.29) is 5.92 Å². The van der Waals surface area contributed by atoms with Crippen LogP contribution < -0.4 is 4.90 Å². The van der Waals surface area contributed by atoms with Gasteiger partial charge in [0.05, 0.1) is 6.20 Å². The van der Waals surface area contributed by atoms with Crippen molar-refractivity contribution in [3.05, 3.63) is 48.7 Å². The molecule has 29 heavy (non-hydrogen) atoms. The summed E-state index contributed by atoms with van der Waals surface area (Å²) in [5.74, 6) is 2.43. The van der Waals surface area contributed by atoms with Crippen LogP contribution in [0, 0.1) is 5.92 Å². The number of likely N-dealkylation sites (tertiary alicyclic amines) is 1. The van der Waals surface area contributed by atoms with Crippen LogP contribution in [0.3, 0.4) is 0 Å². The molecule has 0 bridgehead atoms. The average molecular weight is 391 g/mol. The van der Waals surface area contributed by atoms with E-state index in [2.05, 4.69) is 19.9 Å². The van der Waals surface area contributed by atoms with Crippen LogP contribution in [0.15, 0.2) is 47.3 Å². The fraction of sp³-hybridized carbons (Fsp3) is 0.455. The predicted molar refractivity (Wildman–Crippen MR) is 110 cm³/mol. The number of oxazole rings is 1. The van der Waals surface area contributed by atoms with Gasteiger partial charge in [0, 0.05) is 50.4 Å². The van der Waals surface area contributed by atoms with Crippen molar-refractivity contribution in [3.63, 3.8) is 0 Å². The first-order valence-electron chi connectivity index (χ1n) is 10.4. The fourth-order valence-electron chi connectivity index (χ4n) is 4.48. The highest BCUT2D eigenvalue weighted by atomic mass is 16.3. The van der Waals surface area contributed by atoms with Crippen LogP contribution in [-0.4, -0.2) is 51.9 Å². The molecule has 7 heteroatoms. The van der Waals surface area contributed by atoms with E-state index in [1.807, 2.05) is 29.2 Å². The molecule has 0 aliphatic carbocycles. The minimum atomic E-state index is 0.115. The predicted octanol–water partition coefficient (Wildman–Crippen LogP) is 3.24. The summed E-state index contributed by atoms with van der Waals surface area (Å²) in [6.45, 7) is 3.28. The van der Waals surface area contributed by atoms with Gasteiger partial charge < -0.3 is 14.2 Å². The maximum Gasteiger partial charge on any atom is 0.225 e. The fourth-order valence-corrected chi connectivity index (χ4v) is 4.48. The maximum absolute atomic E-state index is 13.0. The summed E-state index contributed by atoms with van der Waals surface area (Å²) in [7, 11) is 0. The molecule has 150 valence electrons. The van der Waals surface area contributed by atoms with Crippen molar-refractivity contribution in [1.82, 2.24) is 19.9 Å². The van der Waals surface area contributed by atoms with Crippen LogP contribution in [0.25, 0.3) is 11.1 Å². The highest BCUT2D eigenvalue weighted by Gasteiger charge is 2.32. The molecule has 0 spiro atoms. The number of rotatable bonds is 3. The van der Waals surface area contributed by atoms with Crippen LogP contribution in [0.4, 0.5) is 5.82 Å². The third-order valence-corrected chi connectivity index (χ3v) is 6.18. The van der Waals surface area contributed by atoms with Gasteiger partial charge in [0.2, 0.25) is 5.91 Å². The van der Waals surface area contributed by atoms with Crippen LogP contribution >= 0.6 is 0 Å². The normalized spacial score (nSPS) is 19.0. The Bertz CT molecular complexity index is 940. The quantitative estimate of drug-likeness (QED) is 0.682. The van der Waals surface area contributed by atoms with Gasteiger partial charge in [-0.2, -0.15) is 0 Å². The summed E-state index contributed by atoms with van der Waals surface area (Å²) >= 11 is 0. The summed E-state index contributed by atoms with van der Waals surface area (Å²) in [5.41, 5.74) is 1.76. The third-order valence-electron chi connectivity index (χ3n) is 6.18. The van der Waals surface area contributed by atoms with Gasteiger partial charge in [-0.3, -0.25) is 9.78 Å². The molecule has 0 radical (unpaired) electrons. The Labute approximate surface area is 169 Å². The monoisotopic (exact) mass is 391 g/mol. The molecule has 3 aromatic rings. The van der Waals surface area contributed by atoms with Crippen LogP contribution in [0.1, 0.15) is 37.5 Å². The number of benzene rings is 1. The molecule has 2 fully saturated rings. The molecule has 2 aliphatic rings. The van der Waals surface area contributed by atoms with Crippen LogP contribution in [-0.2, 0) is 4.79 Å². The molecule has 0 saturated carbocycles. The topological polar surface area (TPSA) is 75.4 Å². The Morgan fingerprint density at radius 1 is 1.00 bits per heavy atom. The number of amides is 1. The van der Waals surface area contributed by atoms with E-state index in [1.54, 1.807) is 18.6 Å². The van der Waals surface area contributed by atoms with Crippen molar-refractivity contribution in [2.24, 2.45) is 5.92 Å². The Morgan fingerprint density at radius 3 is 2.52 bits per heavy atom. The van der Waals surface area contributed by atoms with Gasteiger partial charge in [-0.05, 0) is 37.8 Å². The number of carbonyl (C=O) groups is 1. The van der Waals surface area contributed by atoms with E-state index in [4.69, 9.17) is 4.42 Å². The summed E-state index contributed by atoms with van der Waals surface area (Å²) in [4.78, 5) is 30.4. The lowest BCUT2D eigenvalue weighted by Gasteiger charge is -2.37. The molecule has 0 N–H and O–H groups in total. The minimum Gasteiger partial charge on any atom is -0.440 e. The van der Waals surface area contributed by atoms with Gasteiger partial charge in [0.1, 0.15) is 11.3 Å². The molecule has 5 rings (SSSR count). The van der Waals surface area contributed by atoms with Gasteiger partial charge in [0.25, 0.3) is 0 Å². The standard InChI is InChI=1S/C22H25N5O2/c28-22(17-7-11-26(12-8-17)20-15-23-9-10-24-20)27-13-5-16(6-14-27)21-25-18-3-1-2-4-19(18)29-21/h1-4,9-10,15-17H,5-8,11-14H2. The van der Waals surface area contributed by atoms with Crippen molar-refractivity contribution in [2.45, 2.75) is 31.6 Å². The van der Waals surface area contributed by atoms with Crippen molar-refractivity contribution in [2.75, 3.05) is 31.1 Å². The molecule has 0 atom stereocenters. The van der Waals surface area contributed by atoms with Crippen LogP contribution in [0.2, 0.25) is 0 Å². The molecule has 2 saturated heterocycles. The Balaban J connectivity index is 1.15. The second-order valence-electron chi connectivity index (χ2n) is 7.94. The zero-order valence-electron chi connectivity index (χ0n) is 16.4. The van der Waals surface area contributed by atoms with Gasteiger partial charge >= 0.3 is 0 Å². The first-order valence-corrected chi connectivity index (χ1v) is 10.4. The lowest BCUT2D eigenvalue weighted by atomic mass is 9.92. The number of fused-ring (bicyclic) bond motifs is 1. The lowest BCUT2D eigenvalue weighted by Crippen LogP contribution is -2.45. The van der Waals surface area contributed by atoms with E-state index >= 15 is 0 Å². The van der Waals surface area contributed by atoms with Crippen molar-refractivity contribution >= 4 is 22.8 Å². The van der Waals surface area contributed by atoms with Crippen molar-refractivity contribution in [1.29, 1.82) is 0 Å². The minimum absolute atomic E-state index is 0.115. The molecule has 2 aliphatic heterocycles.